The second kappa shape index (κ2) is 4.41. The van der Waals surface area contributed by atoms with Crippen molar-refractivity contribution in [3.63, 3.8) is 0 Å². The van der Waals surface area contributed by atoms with E-state index >= 15 is 0 Å². The smallest absolute Gasteiger partial charge is 0.313 e. The molecule has 0 radical (unpaired) electrons. The highest BCUT2D eigenvalue weighted by Gasteiger charge is 2.15. The Kier molecular flexibility index (Phi) is 2.60. The molecule has 2 aromatic heterocycles. The highest BCUT2D eigenvalue weighted by Crippen LogP contribution is 2.24. The van der Waals surface area contributed by atoms with Crippen molar-refractivity contribution in [3.05, 3.63) is 24.3 Å². The van der Waals surface area contributed by atoms with Gasteiger partial charge in [-0.25, -0.2) is 0 Å². The van der Waals surface area contributed by atoms with Gasteiger partial charge in [0, 0.05) is 5.56 Å². The lowest BCUT2D eigenvalue weighted by Crippen LogP contribution is -1.82. The van der Waals surface area contributed by atoms with Crippen molar-refractivity contribution in [1.29, 1.82) is 0 Å². The molecule has 2 N–H and O–H groups in total. The zero-order valence-corrected chi connectivity index (χ0v) is 9.90. The predicted molar refractivity (Wildman–Crippen MR) is 64.0 cm³/mol. The van der Waals surface area contributed by atoms with Crippen molar-refractivity contribution in [2.45, 2.75) is 0 Å². The van der Waals surface area contributed by atoms with Crippen molar-refractivity contribution in [3.8, 4) is 29.0 Å². The predicted octanol–water partition coefficient (Wildman–Crippen LogP) is 1.38. The lowest BCUT2D eigenvalue weighted by molar-refractivity contribution is 0.415. The molecule has 0 saturated heterocycles. The second-order valence-corrected chi connectivity index (χ2v) is 3.59. The standard InChI is InChI=1S/C11H9N5O3/c1-17-7-4-2-6(3-5-7)8-13-14-9(18-8)10-15-16-11(12)19-10/h2-5H,1H3,(H2,12,16). The molecule has 0 bridgehead atoms. The number of nitrogens with zero attached hydrogens (tertiary/aromatic N) is 4. The van der Waals surface area contributed by atoms with Crippen molar-refractivity contribution in [2.75, 3.05) is 12.8 Å². The first-order valence-corrected chi connectivity index (χ1v) is 5.33. The molecule has 1 aromatic carbocycles. The van der Waals surface area contributed by atoms with Gasteiger partial charge in [-0.15, -0.1) is 15.3 Å². The largest absolute Gasteiger partial charge is 0.497 e. The van der Waals surface area contributed by atoms with Crippen LogP contribution in [0.1, 0.15) is 0 Å². The maximum absolute atomic E-state index is 5.43. The number of hydrogen-bond acceptors (Lipinski definition) is 8. The monoisotopic (exact) mass is 259 g/mol. The third-order valence-corrected chi connectivity index (χ3v) is 2.39. The third-order valence-electron chi connectivity index (χ3n) is 2.39. The number of methoxy groups -OCH3 is 1. The van der Waals surface area contributed by atoms with Gasteiger partial charge < -0.3 is 19.3 Å². The summed E-state index contributed by atoms with van der Waals surface area (Å²) < 4.78 is 15.5. The molecule has 0 aliphatic rings. The van der Waals surface area contributed by atoms with Gasteiger partial charge in [0.25, 0.3) is 0 Å². The Labute approximate surface area is 107 Å². The quantitative estimate of drug-likeness (QED) is 0.750. The number of anilines is 1. The zero-order valence-electron chi connectivity index (χ0n) is 9.90. The Bertz CT molecular complexity index is 688. The summed E-state index contributed by atoms with van der Waals surface area (Å²) in [5.41, 5.74) is 6.08. The van der Waals surface area contributed by atoms with Gasteiger partial charge in [-0.3, -0.25) is 0 Å². The Hall–Kier alpha value is -2.90. The maximum atomic E-state index is 5.43. The summed E-state index contributed by atoms with van der Waals surface area (Å²) in [6.45, 7) is 0. The minimum atomic E-state index is -0.0563. The summed E-state index contributed by atoms with van der Waals surface area (Å²) in [5.74, 6) is 1.29. The van der Waals surface area contributed by atoms with Gasteiger partial charge in [-0.05, 0) is 24.3 Å². The van der Waals surface area contributed by atoms with Crippen LogP contribution in [0.5, 0.6) is 5.75 Å². The van der Waals surface area contributed by atoms with Crippen LogP contribution in [0.2, 0.25) is 0 Å². The molecule has 19 heavy (non-hydrogen) atoms. The van der Waals surface area contributed by atoms with Crippen LogP contribution in [-0.4, -0.2) is 27.5 Å². The fourth-order valence-corrected chi connectivity index (χ4v) is 1.48. The molecule has 0 aliphatic heterocycles. The van der Waals surface area contributed by atoms with E-state index in [1.165, 1.54) is 0 Å². The number of hydrogen-bond donors (Lipinski definition) is 1. The van der Waals surface area contributed by atoms with Crippen LogP contribution >= 0.6 is 0 Å². The highest BCUT2D eigenvalue weighted by molar-refractivity contribution is 5.55. The lowest BCUT2D eigenvalue weighted by atomic mass is 10.2. The first-order valence-electron chi connectivity index (χ1n) is 5.33. The van der Waals surface area contributed by atoms with E-state index in [1.54, 1.807) is 31.4 Å². The van der Waals surface area contributed by atoms with Crippen molar-refractivity contribution in [2.24, 2.45) is 0 Å². The fraction of sp³-hybridized carbons (Fsp3) is 0.0909. The van der Waals surface area contributed by atoms with Crippen LogP contribution in [0.3, 0.4) is 0 Å². The molecule has 0 saturated carbocycles. The van der Waals surface area contributed by atoms with Crippen molar-refractivity contribution in [1.82, 2.24) is 20.4 Å². The van der Waals surface area contributed by atoms with Crippen molar-refractivity contribution >= 4 is 6.01 Å². The van der Waals surface area contributed by atoms with Gasteiger partial charge in [0.15, 0.2) is 0 Å². The van der Waals surface area contributed by atoms with Gasteiger partial charge >= 0.3 is 17.8 Å². The number of nitrogens with two attached hydrogens (primary N) is 1. The molecule has 0 atom stereocenters. The van der Waals surface area contributed by atoms with Gasteiger partial charge in [0.05, 0.1) is 7.11 Å². The molecule has 2 heterocycles. The van der Waals surface area contributed by atoms with Gasteiger partial charge in [-0.2, -0.15) is 0 Å². The summed E-state index contributed by atoms with van der Waals surface area (Å²) in [6.07, 6.45) is 0. The molecule has 3 rings (SSSR count). The highest BCUT2D eigenvalue weighted by atomic mass is 16.5. The molecule has 0 fully saturated rings. The van der Waals surface area contributed by atoms with E-state index in [-0.39, 0.29) is 17.8 Å². The molecule has 0 aliphatic carbocycles. The SMILES string of the molecule is COc1ccc(-c2nnc(-c3nnc(N)o3)o2)cc1. The molecule has 0 spiro atoms. The molecule has 8 nitrogen and oxygen atoms in total. The number of benzene rings is 1. The molecule has 8 heteroatoms. The molecule has 96 valence electrons. The minimum absolute atomic E-state index is 0.0563. The van der Waals surface area contributed by atoms with E-state index in [0.717, 1.165) is 11.3 Å². The minimum Gasteiger partial charge on any atom is -0.497 e. The Morgan fingerprint density at radius 2 is 1.53 bits per heavy atom. The van der Waals surface area contributed by atoms with Crippen LogP contribution in [0, 0.1) is 0 Å². The van der Waals surface area contributed by atoms with E-state index in [0.29, 0.717) is 5.89 Å². The number of ether oxygens (including phenoxy) is 1. The fourth-order valence-electron chi connectivity index (χ4n) is 1.48. The summed E-state index contributed by atoms with van der Waals surface area (Å²) in [6, 6.07) is 7.14. The van der Waals surface area contributed by atoms with Gasteiger partial charge in [-0.1, -0.05) is 5.10 Å². The maximum Gasteiger partial charge on any atom is 0.313 e. The molecule has 0 unspecified atom stereocenters. The normalized spacial score (nSPS) is 10.6. The van der Waals surface area contributed by atoms with E-state index < -0.39 is 0 Å². The van der Waals surface area contributed by atoms with Crippen LogP contribution in [-0.2, 0) is 0 Å². The van der Waals surface area contributed by atoms with Crippen LogP contribution in [0.25, 0.3) is 23.2 Å². The van der Waals surface area contributed by atoms with E-state index in [4.69, 9.17) is 19.3 Å². The van der Waals surface area contributed by atoms with Crippen LogP contribution in [0.4, 0.5) is 6.01 Å². The molecular weight excluding hydrogens is 250 g/mol. The second-order valence-electron chi connectivity index (χ2n) is 3.59. The molecule has 3 aromatic rings. The summed E-state index contributed by atoms with van der Waals surface area (Å²) in [7, 11) is 1.60. The molecular formula is C11H9N5O3. The molecule has 0 amide bonds. The Morgan fingerprint density at radius 1 is 0.895 bits per heavy atom. The van der Waals surface area contributed by atoms with E-state index in [2.05, 4.69) is 20.4 Å². The van der Waals surface area contributed by atoms with Crippen LogP contribution < -0.4 is 10.5 Å². The number of nitrogen functional groups attached to an aromatic ring is 1. The first kappa shape index (κ1) is 11.2. The summed E-state index contributed by atoms with van der Waals surface area (Å²) >= 11 is 0. The third kappa shape index (κ3) is 2.10. The average molecular weight is 259 g/mol. The zero-order chi connectivity index (χ0) is 13.2. The van der Waals surface area contributed by atoms with Crippen LogP contribution in [0.15, 0.2) is 33.1 Å². The average Bonchev–Trinajstić information content (AvgIpc) is 3.07. The number of aromatic nitrogens is 4. The topological polar surface area (TPSA) is 113 Å². The Balaban J connectivity index is 1.91. The summed E-state index contributed by atoms with van der Waals surface area (Å²) in [5, 5.41) is 14.9. The summed E-state index contributed by atoms with van der Waals surface area (Å²) in [4.78, 5) is 0. The van der Waals surface area contributed by atoms with Gasteiger partial charge in [0.2, 0.25) is 5.89 Å². The first-order chi connectivity index (χ1) is 9.26. The van der Waals surface area contributed by atoms with Crippen molar-refractivity contribution < 1.29 is 13.6 Å². The Morgan fingerprint density at radius 3 is 2.16 bits per heavy atom. The number of rotatable bonds is 3. The van der Waals surface area contributed by atoms with E-state index in [9.17, 15) is 0 Å². The lowest BCUT2D eigenvalue weighted by Gasteiger charge is -1.98. The van der Waals surface area contributed by atoms with E-state index in [1.807, 2.05) is 0 Å². The van der Waals surface area contributed by atoms with Gasteiger partial charge in [0.1, 0.15) is 5.75 Å².